The Hall–Kier alpha value is -2.27. The first-order chi connectivity index (χ1) is 13.6. The number of methoxy groups -OCH3 is 1. The Labute approximate surface area is 166 Å². The van der Waals surface area contributed by atoms with Gasteiger partial charge in [-0.2, -0.15) is 0 Å². The highest BCUT2D eigenvalue weighted by Crippen LogP contribution is 2.35. The van der Waals surface area contributed by atoms with Crippen LogP contribution in [0.15, 0.2) is 41.9 Å². The molecule has 3 N–H and O–H groups in total. The van der Waals surface area contributed by atoms with Gasteiger partial charge in [0.15, 0.2) is 6.10 Å². The number of H-pyrrole nitrogens is 1. The first-order valence-corrected chi connectivity index (χ1v) is 10.5. The standard InChI is InChI=1S/C23H31N3O2/c1-4-14(2)15-9-11-16(12-10-15)25-21-20(22(27)23(21)28-3)26-19-13-24-18-8-6-5-7-17(18)19/h5-8,13-16,23-26H,4,9-12H2,1-3H3/t14-,15?,16?,23?/m1/s1. The van der Waals surface area contributed by atoms with Gasteiger partial charge < -0.3 is 20.4 Å². The topological polar surface area (TPSA) is 66.1 Å². The molecule has 0 saturated heterocycles. The smallest absolute Gasteiger partial charge is 0.215 e. The summed E-state index contributed by atoms with van der Waals surface area (Å²) < 4.78 is 5.45. The highest BCUT2D eigenvalue weighted by Gasteiger charge is 2.41. The number of rotatable bonds is 7. The van der Waals surface area contributed by atoms with Gasteiger partial charge in [-0.3, -0.25) is 4.79 Å². The molecule has 0 amide bonds. The summed E-state index contributed by atoms with van der Waals surface area (Å²) in [6, 6.07) is 8.51. The second-order valence-corrected chi connectivity index (χ2v) is 8.28. The molecule has 1 fully saturated rings. The maximum atomic E-state index is 12.6. The number of benzene rings is 1. The second kappa shape index (κ2) is 8.00. The zero-order chi connectivity index (χ0) is 19.7. The lowest BCUT2D eigenvalue weighted by Crippen LogP contribution is -2.50. The molecule has 0 aliphatic heterocycles. The van der Waals surface area contributed by atoms with E-state index < -0.39 is 6.10 Å². The van der Waals surface area contributed by atoms with Gasteiger partial charge in [0.25, 0.3) is 0 Å². The molecule has 2 atom stereocenters. The highest BCUT2D eigenvalue weighted by molar-refractivity contribution is 6.12. The van der Waals surface area contributed by atoms with E-state index in [1.54, 1.807) is 7.11 Å². The molecule has 1 saturated carbocycles. The Morgan fingerprint density at radius 2 is 1.96 bits per heavy atom. The summed E-state index contributed by atoms with van der Waals surface area (Å²) in [7, 11) is 1.60. The monoisotopic (exact) mass is 381 g/mol. The Kier molecular flexibility index (Phi) is 5.44. The van der Waals surface area contributed by atoms with Gasteiger partial charge in [-0.1, -0.05) is 38.5 Å². The predicted molar refractivity (Wildman–Crippen MR) is 113 cm³/mol. The molecule has 0 spiro atoms. The normalized spacial score (nSPS) is 26.2. The molecular weight excluding hydrogens is 350 g/mol. The van der Waals surface area contributed by atoms with Crippen molar-refractivity contribution < 1.29 is 9.53 Å². The van der Waals surface area contributed by atoms with Crippen molar-refractivity contribution in [3.63, 3.8) is 0 Å². The van der Waals surface area contributed by atoms with Gasteiger partial charge in [-0.15, -0.1) is 0 Å². The number of ketones is 1. The van der Waals surface area contributed by atoms with E-state index in [0.29, 0.717) is 11.7 Å². The van der Waals surface area contributed by atoms with Gasteiger partial charge in [0.2, 0.25) is 5.78 Å². The van der Waals surface area contributed by atoms with Crippen molar-refractivity contribution in [2.45, 2.75) is 58.1 Å². The van der Waals surface area contributed by atoms with Crippen LogP contribution in [0, 0.1) is 11.8 Å². The third kappa shape index (κ3) is 3.44. The van der Waals surface area contributed by atoms with E-state index in [-0.39, 0.29) is 5.78 Å². The number of aromatic nitrogens is 1. The Bertz CT molecular complexity index is 877. The van der Waals surface area contributed by atoms with Crippen molar-refractivity contribution in [1.82, 2.24) is 10.3 Å². The lowest BCUT2D eigenvalue weighted by atomic mass is 9.77. The third-order valence-corrected chi connectivity index (χ3v) is 6.68. The average molecular weight is 382 g/mol. The van der Waals surface area contributed by atoms with Crippen LogP contribution in [0.1, 0.15) is 46.0 Å². The van der Waals surface area contributed by atoms with Gasteiger partial charge >= 0.3 is 0 Å². The number of anilines is 1. The molecule has 5 heteroatoms. The van der Waals surface area contributed by atoms with Crippen molar-refractivity contribution in [2.24, 2.45) is 11.8 Å². The minimum absolute atomic E-state index is 0.0172. The molecule has 5 nitrogen and oxygen atoms in total. The van der Waals surface area contributed by atoms with Gasteiger partial charge in [0.1, 0.15) is 5.70 Å². The van der Waals surface area contributed by atoms with E-state index in [0.717, 1.165) is 47.0 Å². The minimum atomic E-state index is -0.472. The fourth-order valence-electron chi connectivity index (χ4n) is 4.65. The van der Waals surface area contributed by atoms with Crippen LogP contribution in [0.2, 0.25) is 0 Å². The van der Waals surface area contributed by atoms with Gasteiger partial charge in [-0.25, -0.2) is 0 Å². The molecule has 1 aromatic heterocycles. The van der Waals surface area contributed by atoms with E-state index in [2.05, 4.69) is 35.5 Å². The Morgan fingerprint density at radius 3 is 2.68 bits per heavy atom. The molecule has 2 aliphatic rings. The van der Waals surface area contributed by atoms with E-state index in [1.807, 2.05) is 24.4 Å². The fraction of sp³-hybridized carbons (Fsp3) is 0.522. The predicted octanol–water partition coefficient (Wildman–Crippen LogP) is 4.58. The fourth-order valence-corrected chi connectivity index (χ4v) is 4.65. The summed E-state index contributed by atoms with van der Waals surface area (Å²) in [6.45, 7) is 4.65. The number of fused-ring (bicyclic) bond motifs is 1. The molecule has 0 bridgehead atoms. The maximum absolute atomic E-state index is 12.6. The van der Waals surface area contributed by atoms with Crippen LogP contribution in [0.25, 0.3) is 10.9 Å². The van der Waals surface area contributed by atoms with Crippen LogP contribution in [0.5, 0.6) is 0 Å². The van der Waals surface area contributed by atoms with Crippen molar-refractivity contribution in [3.05, 3.63) is 41.9 Å². The van der Waals surface area contributed by atoms with Crippen LogP contribution >= 0.6 is 0 Å². The molecule has 0 radical (unpaired) electrons. The maximum Gasteiger partial charge on any atom is 0.215 e. The highest BCUT2D eigenvalue weighted by atomic mass is 16.5. The summed E-state index contributed by atoms with van der Waals surface area (Å²) in [5, 5.41) is 8.06. The van der Waals surface area contributed by atoms with E-state index in [9.17, 15) is 4.79 Å². The van der Waals surface area contributed by atoms with Gasteiger partial charge in [0, 0.05) is 30.3 Å². The van der Waals surface area contributed by atoms with Crippen LogP contribution < -0.4 is 10.6 Å². The molecule has 2 aliphatic carbocycles. The number of hydrogen-bond donors (Lipinski definition) is 3. The first kappa shape index (κ1) is 19.1. The molecule has 150 valence electrons. The number of hydrogen-bond acceptors (Lipinski definition) is 4. The Morgan fingerprint density at radius 1 is 1.21 bits per heavy atom. The molecule has 1 heterocycles. The SMILES string of the molecule is CC[C@@H](C)C1CCC(NC2=C(Nc3c[nH]c4ccccc34)C(=O)C2OC)CC1. The number of ether oxygens (including phenoxy) is 1. The molecular formula is C23H31N3O2. The Balaban J connectivity index is 1.49. The lowest BCUT2D eigenvalue weighted by Gasteiger charge is -2.38. The summed E-state index contributed by atoms with van der Waals surface area (Å²) in [6.07, 6.45) is 7.54. The number of aromatic amines is 1. The largest absolute Gasteiger partial charge is 0.381 e. The second-order valence-electron chi connectivity index (χ2n) is 8.28. The summed E-state index contributed by atoms with van der Waals surface area (Å²) in [4.78, 5) is 15.8. The zero-order valence-electron chi connectivity index (χ0n) is 17.0. The summed E-state index contributed by atoms with van der Waals surface area (Å²) in [5.74, 6) is 1.65. The molecule has 1 aromatic carbocycles. The van der Waals surface area contributed by atoms with Crippen molar-refractivity contribution in [3.8, 4) is 0 Å². The molecule has 1 unspecified atom stereocenters. The van der Waals surface area contributed by atoms with Crippen molar-refractivity contribution in [2.75, 3.05) is 12.4 Å². The average Bonchev–Trinajstić information content (AvgIpc) is 3.15. The summed E-state index contributed by atoms with van der Waals surface area (Å²) in [5.41, 5.74) is 3.53. The number of para-hydroxylation sites is 1. The van der Waals surface area contributed by atoms with Gasteiger partial charge in [-0.05, 0) is 43.6 Å². The zero-order valence-corrected chi connectivity index (χ0v) is 17.0. The number of carbonyl (C=O) groups excluding carboxylic acids is 1. The van der Waals surface area contributed by atoms with E-state index in [1.165, 1.54) is 19.3 Å². The van der Waals surface area contributed by atoms with Gasteiger partial charge in [0.05, 0.1) is 11.4 Å². The van der Waals surface area contributed by atoms with Crippen molar-refractivity contribution >= 4 is 22.4 Å². The lowest BCUT2D eigenvalue weighted by molar-refractivity contribution is -0.126. The quantitative estimate of drug-likeness (QED) is 0.657. The van der Waals surface area contributed by atoms with Crippen molar-refractivity contribution in [1.29, 1.82) is 0 Å². The summed E-state index contributed by atoms with van der Waals surface area (Å²) >= 11 is 0. The van der Waals surface area contributed by atoms with Crippen LogP contribution in [0.3, 0.4) is 0 Å². The number of nitrogens with one attached hydrogen (secondary N) is 3. The van der Waals surface area contributed by atoms with Crippen LogP contribution in [-0.4, -0.2) is 30.0 Å². The van der Waals surface area contributed by atoms with E-state index >= 15 is 0 Å². The molecule has 2 aromatic rings. The molecule has 28 heavy (non-hydrogen) atoms. The first-order valence-electron chi connectivity index (χ1n) is 10.5. The molecule has 4 rings (SSSR count). The minimum Gasteiger partial charge on any atom is -0.381 e. The van der Waals surface area contributed by atoms with Crippen LogP contribution in [0.4, 0.5) is 5.69 Å². The van der Waals surface area contributed by atoms with E-state index in [4.69, 9.17) is 4.74 Å². The third-order valence-electron chi connectivity index (χ3n) is 6.68. The number of carbonyl (C=O) groups is 1. The van der Waals surface area contributed by atoms with Crippen LogP contribution in [-0.2, 0) is 9.53 Å². The number of Topliss-reactive ketones (excluding diaryl/α,β-unsaturated/α-hetero) is 1.